The number of halogens is 3. The van der Waals surface area contributed by atoms with Crippen molar-refractivity contribution in [3.05, 3.63) is 51.8 Å². The van der Waals surface area contributed by atoms with Crippen LogP contribution in [0.1, 0.15) is 0 Å². The highest BCUT2D eigenvalue weighted by molar-refractivity contribution is 9.10. The summed E-state index contributed by atoms with van der Waals surface area (Å²) in [6.07, 6.45) is 0. The lowest BCUT2D eigenvalue weighted by molar-refractivity contribution is 0.415. The van der Waals surface area contributed by atoms with Gasteiger partial charge in [0.2, 0.25) is 0 Å². The fraction of sp³-hybridized carbons (Fsp3) is 0.0667. The first-order chi connectivity index (χ1) is 10.1. The topological polar surface area (TPSA) is 35.0 Å². The fourth-order valence-electron chi connectivity index (χ4n) is 2.01. The van der Waals surface area contributed by atoms with Gasteiger partial charge in [-0.15, -0.1) is 0 Å². The Morgan fingerprint density at radius 1 is 1.19 bits per heavy atom. The molecule has 0 spiro atoms. The molecule has 2 aromatic carbocycles. The molecule has 0 bridgehead atoms. The van der Waals surface area contributed by atoms with Gasteiger partial charge in [-0.3, -0.25) is 0 Å². The van der Waals surface area contributed by atoms with Gasteiger partial charge in [-0.2, -0.15) is 0 Å². The number of hydrogen-bond acceptors (Lipinski definition) is 3. The van der Waals surface area contributed by atoms with Crippen LogP contribution in [0.5, 0.6) is 5.75 Å². The van der Waals surface area contributed by atoms with Crippen LogP contribution in [-0.4, -0.2) is 17.1 Å². The molecular formula is C15H9BrClFN2O. The van der Waals surface area contributed by atoms with Crippen molar-refractivity contribution in [3.8, 4) is 17.1 Å². The summed E-state index contributed by atoms with van der Waals surface area (Å²) in [6, 6.07) is 10.2. The molecule has 0 N–H and O–H groups in total. The molecule has 6 heteroatoms. The zero-order valence-electron chi connectivity index (χ0n) is 10.9. The molecule has 1 aromatic heterocycles. The van der Waals surface area contributed by atoms with Crippen LogP contribution in [0, 0.1) is 5.82 Å². The van der Waals surface area contributed by atoms with E-state index in [9.17, 15) is 4.39 Å². The lowest BCUT2D eigenvalue weighted by Crippen LogP contribution is -1.95. The zero-order valence-corrected chi connectivity index (χ0v) is 13.2. The van der Waals surface area contributed by atoms with Crippen LogP contribution in [0.2, 0.25) is 5.15 Å². The van der Waals surface area contributed by atoms with E-state index in [4.69, 9.17) is 16.3 Å². The molecule has 1 heterocycles. The first kappa shape index (κ1) is 14.2. The van der Waals surface area contributed by atoms with Crippen molar-refractivity contribution >= 4 is 38.4 Å². The lowest BCUT2D eigenvalue weighted by Gasteiger charge is -2.07. The SMILES string of the molecule is COc1cccc(-c2nc(Cl)c3cc(Br)cc(F)c3n2)c1. The maximum Gasteiger partial charge on any atom is 0.161 e. The van der Waals surface area contributed by atoms with Gasteiger partial charge in [-0.05, 0) is 24.3 Å². The molecule has 0 aliphatic rings. The summed E-state index contributed by atoms with van der Waals surface area (Å²) >= 11 is 9.39. The Hall–Kier alpha value is -1.72. The van der Waals surface area contributed by atoms with Crippen molar-refractivity contribution in [1.82, 2.24) is 9.97 Å². The summed E-state index contributed by atoms with van der Waals surface area (Å²) in [6.45, 7) is 0. The minimum absolute atomic E-state index is 0.191. The van der Waals surface area contributed by atoms with Gasteiger partial charge in [-0.1, -0.05) is 39.7 Å². The molecule has 0 saturated heterocycles. The zero-order chi connectivity index (χ0) is 15.0. The Bertz CT molecular complexity index is 841. The van der Waals surface area contributed by atoms with E-state index in [0.29, 0.717) is 27.0 Å². The van der Waals surface area contributed by atoms with E-state index in [1.807, 2.05) is 18.2 Å². The minimum Gasteiger partial charge on any atom is -0.497 e. The van der Waals surface area contributed by atoms with Gasteiger partial charge in [0.05, 0.1) is 7.11 Å². The number of rotatable bonds is 2. The summed E-state index contributed by atoms with van der Waals surface area (Å²) in [5.74, 6) is 0.573. The average Bonchev–Trinajstić information content (AvgIpc) is 2.48. The molecular weight excluding hydrogens is 359 g/mol. The van der Waals surface area contributed by atoms with E-state index in [2.05, 4.69) is 25.9 Å². The molecule has 0 atom stereocenters. The van der Waals surface area contributed by atoms with E-state index in [1.165, 1.54) is 6.07 Å². The molecule has 3 nitrogen and oxygen atoms in total. The Morgan fingerprint density at radius 2 is 2.00 bits per heavy atom. The minimum atomic E-state index is -0.451. The Morgan fingerprint density at radius 3 is 2.76 bits per heavy atom. The Balaban J connectivity index is 2.24. The molecule has 0 radical (unpaired) electrons. The summed E-state index contributed by atoms with van der Waals surface area (Å²) < 4.78 is 19.8. The lowest BCUT2D eigenvalue weighted by atomic mass is 10.2. The van der Waals surface area contributed by atoms with Gasteiger partial charge in [0, 0.05) is 15.4 Å². The maximum atomic E-state index is 14.1. The molecule has 0 amide bonds. The van der Waals surface area contributed by atoms with Crippen LogP contribution in [0.15, 0.2) is 40.9 Å². The number of methoxy groups -OCH3 is 1. The third kappa shape index (κ3) is 2.71. The molecule has 3 aromatic rings. The van der Waals surface area contributed by atoms with Crippen LogP contribution < -0.4 is 4.74 Å². The monoisotopic (exact) mass is 366 g/mol. The van der Waals surface area contributed by atoms with Crippen molar-refractivity contribution in [1.29, 1.82) is 0 Å². The van der Waals surface area contributed by atoms with Crippen molar-refractivity contribution in [3.63, 3.8) is 0 Å². The third-order valence-electron chi connectivity index (χ3n) is 3.00. The smallest absolute Gasteiger partial charge is 0.161 e. The van der Waals surface area contributed by atoms with Gasteiger partial charge < -0.3 is 4.74 Å². The highest BCUT2D eigenvalue weighted by Gasteiger charge is 2.13. The molecule has 0 saturated carbocycles. The molecule has 0 aliphatic heterocycles. The van der Waals surface area contributed by atoms with E-state index >= 15 is 0 Å². The third-order valence-corrected chi connectivity index (χ3v) is 3.75. The molecule has 3 rings (SSSR count). The number of nitrogens with zero attached hydrogens (tertiary/aromatic N) is 2. The largest absolute Gasteiger partial charge is 0.497 e. The summed E-state index contributed by atoms with van der Waals surface area (Å²) in [4.78, 5) is 8.52. The van der Waals surface area contributed by atoms with E-state index in [-0.39, 0.29) is 10.7 Å². The van der Waals surface area contributed by atoms with Crippen molar-refractivity contribution < 1.29 is 9.13 Å². The van der Waals surface area contributed by atoms with Crippen LogP contribution in [0.4, 0.5) is 4.39 Å². The highest BCUT2D eigenvalue weighted by atomic mass is 79.9. The number of aromatic nitrogens is 2. The van der Waals surface area contributed by atoms with Gasteiger partial charge in [-0.25, -0.2) is 14.4 Å². The van der Waals surface area contributed by atoms with Crippen LogP contribution in [0.25, 0.3) is 22.3 Å². The Kier molecular flexibility index (Phi) is 3.78. The number of fused-ring (bicyclic) bond motifs is 1. The van der Waals surface area contributed by atoms with Crippen LogP contribution >= 0.6 is 27.5 Å². The predicted octanol–water partition coefficient (Wildman–Crippen LogP) is 4.86. The summed E-state index contributed by atoms with van der Waals surface area (Å²) in [5.41, 5.74) is 0.900. The summed E-state index contributed by atoms with van der Waals surface area (Å²) in [5, 5.41) is 0.674. The summed E-state index contributed by atoms with van der Waals surface area (Å²) in [7, 11) is 1.57. The van der Waals surface area contributed by atoms with Crippen molar-refractivity contribution in [2.24, 2.45) is 0 Å². The number of hydrogen-bond donors (Lipinski definition) is 0. The van der Waals surface area contributed by atoms with Crippen LogP contribution in [-0.2, 0) is 0 Å². The maximum absolute atomic E-state index is 14.1. The second-order valence-electron chi connectivity index (χ2n) is 4.35. The van der Waals surface area contributed by atoms with Gasteiger partial charge in [0.15, 0.2) is 11.6 Å². The standard InChI is InChI=1S/C15H9BrClFN2O/c1-21-10-4-2-3-8(5-10)15-19-13-11(14(17)20-15)6-9(16)7-12(13)18/h2-7H,1H3. The molecule has 106 valence electrons. The van der Waals surface area contributed by atoms with E-state index < -0.39 is 5.82 Å². The quantitative estimate of drug-likeness (QED) is 0.607. The number of ether oxygens (including phenoxy) is 1. The molecule has 21 heavy (non-hydrogen) atoms. The molecule has 0 fully saturated rings. The second-order valence-corrected chi connectivity index (χ2v) is 5.63. The second kappa shape index (κ2) is 5.58. The van der Waals surface area contributed by atoms with E-state index in [1.54, 1.807) is 19.2 Å². The molecule has 0 aliphatic carbocycles. The first-order valence-corrected chi connectivity index (χ1v) is 7.22. The van der Waals surface area contributed by atoms with Gasteiger partial charge in [0.1, 0.15) is 16.4 Å². The first-order valence-electron chi connectivity index (χ1n) is 6.05. The molecule has 0 unspecified atom stereocenters. The predicted molar refractivity (Wildman–Crippen MR) is 84.2 cm³/mol. The van der Waals surface area contributed by atoms with Gasteiger partial charge in [0.25, 0.3) is 0 Å². The average molecular weight is 368 g/mol. The van der Waals surface area contributed by atoms with Crippen molar-refractivity contribution in [2.45, 2.75) is 0 Å². The fourth-order valence-corrected chi connectivity index (χ4v) is 2.67. The Labute approximate surface area is 133 Å². The van der Waals surface area contributed by atoms with Crippen molar-refractivity contribution in [2.75, 3.05) is 7.11 Å². The normalized spacial score (nSPS) is 10.9. The van der Waals surface area contributed by atoms with Crippen LogP contribution in [0.3, 0.4) is 0 Å². The highest BCUT2D eigenvalue weighted by Crippen LogP contribution is 2.30. The number of benzene rings is 2. The van der Waals surface area contributed by atoms with E-state index in [0.717, 1.165) is 0 Å². The van der Waals surface area contributed by atoms with Gasteiger partial charge >= 0.3 is 0 Å².